The summed E-state index contributed by atoms with van der Waals surface area (Å²) in [4.78, 5) is 12.8. The number of sulfonamides is 1. The molecule has 0 aromatic heterocycles. The van der Waals surface area contributed by atoms with Crippen molar-refractivity contribution in [2.45, 2.75) is 49.6 Å². The van der Waals surface area contributed by atoms with Gasteiger partial charge in [-0.05, 0) is 62.9 Å². The maximum absolute atomic E-state index is 12.7. The van der Waals surface area contributed by atoms with E-state index in [1.807, 2.05) is 30.3 Å². The average Bonchev–Trinajstić information content (AvgIpc) is 2.58. The monoisotopic (exact) mass is 372 g/mol. The molecular weight excluding hydrogens is 348 g/mol. The Morgan fingerprint density at radius 2 is 1.62 bits per heavy atom. The molecule has 26 heavy (non-hydrogen) atoms. The largest absolute Gasteiger partial charge is 0.343 e. The second-order valence-electron chi connectivity index (χ2n) is 7.06. The zero-order valence-corrected chi connectivity index (χ0v) is 15.8. The fraction of sp³-hybridized carbons (Fsp3) is 0.350. The average molecular weight is 372 g/mol. The second kappa shape index (κ2) is 7.21. The molecule has 3 rings (SSSR count). The maximum Gasteiger partial charge on any atom is 0.251 e. The van der Waals surface area contributed by atoms with Gasteiger partial charge < -0.3 is 5.32 Å². The molecule has 0 bridgehead atoms. The van der Waals surface area contributed by atoms with E-state index in [2.05, 4.69) is 10.0 Å². The molecule has 5 nitrogen and oxygen atoms in total. The van der Waals surface area contributed by atoms with Gasteiger partial charge in [-0.25, -0.2) is 13.1 Å². The Balaban J connectivity index is 1.76. The first-order valence-corrected chi connectivity index (χ1v) is 10.3. The van der Waals surface area contributed by atoms with Gasteiger partial charge in [0, 0.05) is 11.6 Å². The number of amides is 1. The highest BCUT2D eigenvalue weighted by molar-refractivity contribution is 7.89. The number of carbonyl (C=O) groups excluding carboxylic acids is 1. The highest BCUT2D eigenvalue weighted by Gasteiger charge is 2.40. The molecule has 0 aliphatic heterocycles. The Labute approximate surface area is 154 Å². The standard InChI is InChI=1S/C20H24N2O3S/c1-15(2)22-26(24,25)18-11-9-16(10-12-18)19(23)21-20(13-6-14-20)17-7-4-3-5-8-17/h3-5,7-12,15,22H,6,13-14H2,1-2H3,(H,21,23). The summed E-state index contributed by atoms with van der Waals surface area (Å²) < 4.78 is 26.9. The van der Waals surface area contributed by atoms with Crippen LogP contribution in [-0.4, -0.2) is 20.4 Å². The summed E-state index contributed by atoms with van der Waals surface area (Å²) >= 11 is 0. The summed E-state index contributed by atoms with van der Waals surface area (Å²) in [6, 6.07) is 15.8. The number of carbonyl (C=O) groups is 1. The Bertz CT molecular complexity index is 871. The van der Waals surface area contributed by atoms with Gasteiger partial charge in [-0.3, -0.25) is 4.79 Å². The lowest BCUT2D eigenvalue weighted by Gasteiger charge is -2.43. The van der Waals surface area contributed by atoms with Crippen molar-refractivity contribution in [3.8, 4) is 0 Å². The molecule has 2 aromatic rings. The molecule has 2 aromatic carbocycles. The van der Waals surface area contributed by atoms with Crippen molar-refractivity contribution in [1.82, 2.24) is 10.0 Å². The SMILES string of the molecule is CC(C)NS(=O)(=O)c1ccc(C(=O)NC2(c3ccccc3)CCC2)cc1. The van der Waals surface area contributed by atoms with Crippen molar-refractivity contribution in [1.29, 1.82) is 0 Å². The van der Waals surface area contributed by atoms with Crippen LogP contribution >= 0.6 is 0 Å². The van der Waals surface area contributed by atoms with Crippen molar-refractivity contribution >= 4 is 15.9 Å². The van der Waals surface area contributed by atoms with E-state index in [1.165, 1.54) is 12.1 Å². The van der Waals surface area contributed by atoms with Crippen LogP contribution in [0.5, 0.6) is 0 Å². The normalized spacial score (nSPS) is 16.1. The van der Waals surface area contributed by atoms with Crippen LogP contribution in [0.25, 0.3) is 0 Å². The first-order valence-electron chi connectivity index (χ1n) is 8.83. The van der Waals surface area contributed by atoms with Crippen LogP contribution in [-0.2, 0) is 15.6 Å². The van der Waals surface area contributed by atoms with Gasteiger partial charge in [-0.2, -0.15) is 0 Å². The first kappa shape index (κ1) is 18.6. The van der Waals surface area contributed by atoms with Gasteiger partial charge in [0.25, 0.3) is 5.91 Å². The molecule has 2 N–H and O–H groups in total. The van der Waals surface area contributed by atoms with Crippen LogP contribution in [0.1, 0.15) is 49.0 Å². The van der Waals surface area contributed by atoms with Crippen LogP contribution in [0.15, 0.2) is 59.5 Å². The van der Waals surface area contributed by atoms with Gasteiger partial charge in [-0.15, -0.1) is 0 Å². The highest BCUT2D eigenvalue weighted by atomic mass is 32.2. The Morgan fingerprint density at radius 1 is 1.00 bits per heavy atom. The summed E-state index contributed by atoms with van der Waals surface area (Å²) in [5.41, 5.74) is 1.25. The van der Waals surface area contributed by atoms with Gasteiger partial charge in [0.05, 0.1) is 10.4 Å². The van der Waals surface area contributed by atoms with Crippen molar-refractivity contribution in [3.05, 3.63) is 65.7 Å². The topological polar surface area (TPSA) is 75.3 Å². The predicted molar refractivity (Wildman–Crippen MR) is 101 cm³/mol. The molecule has 0 saturated heterocycles. The van der Waals surface area contributed by atoms with Crippen molar-refractivity contribution in [2.75, 3.05) is 0 Å². The first-order chi connectivity index (χ1) is 12.3. The van der Waals surface area contributed by atoms with Crippen LogP contribution in [0.3, 0.4) is 0 Å². The third kappa shape index (κ3) is 3.81. The molecule has 0 heterocycles. The van der Waals surface area contributed by atoms with E-state index >= 15 is 0 Å². The summed E-state index contributed by atoms with van der Waals surface area (Å²) in [6.07, 6.45) is 2.90. The third-order valence-electron chi connectivity index (χ3n) is 4.70. The Kier molecular flexibility index (Phi) is 5.16. The molecule has 0 spiro atoms. The molecule has 6 heteroatoms. The molecule has 0 radical (unpaired) electrons. The van der Waals surface area contributed by atoms with Gasteiger partial charge >= 0.3 is 0 Å². The molecule has 0 unspecified atom stereocenters. The Morgan fingerprint density at radius 3 is 2.12 bits per heavy atom. The van der Waals surface area contributed by atoms with Crippen molar-refractivity contribution in [2.24, 2.45) is 0 Å². The molecular formula is C20H24N2O3S. The van der Waals surface area contributed by atoms with Crippen molar-refractivity contribution in [3.63, 3.8) is 0 Å². The Hall–Kier alpha value is -2.18. The van der Waals surface area contributed by atoms with E-state index in [1.54, 1.807) is 26.0 Å². The van der Waals surface area contributed by atoms with E-state index in [9.17, 15) is 13.2 Å². The lowest BCUT2D eigenvalue weighted by molar-refractivity contribution is 0.0823. The number of rotatable bonds is 6. The highest BCUT2D eigenvalue weighted by Crippen LogP contribution is 2.41. The quantitative estimate of drug-likeness (QED) is 0.818. The van der Waals surface area contributed by atoms with Crippen LogP contribution < -0.4 is 10.0 Å². The molecule has 1 saturated carbocycles. The van der Waals surface area contributed by atoms with E-state index < -0.39 is 10.0 Å². The van der Waals surface area contributed by atoms with Gasteiger partial charge in [-0.1, -0.05) is 30.3 Å². The molecule has 0 atom stereocenters. The lowest BCUT2D eigenvalue weighted by atomic mass is 9.71. The van der Waals surface area contributed by atoms with E-state index in [0.29, 0.717) is 5.56 Å². The fourth-order valence-corrected chi connectivity index (χ4v) is 4.48. The van der Waals surface area contributed by atoms with Gasteiger partial charge in [0.2, 0.25) is 10.0 Å². The zero-order valence-electron chi connectivity index (χ0n) is 15.0. The van der Waals surface area contributed by atoms with Gasteiger partial charge in [0.15, 0.2) is 0 Å². The molecule has 1 aliphatic carbocycles. The molecule has 138 valence electrons. The van der Waals surface area contributed by atoms with E-state index in [-0.39, 0.29) is 22.4 Å². The lowest BCUT2D eigenvalue weighted by Crippen LogP contribution is -2.50. The number of hydrogen-bond donors (Lipinski definition) is 2. The smallest absolute Gasteiger partial charge is 0.251 e. The number of hydrogen-bond acceptors (Lipinski definition) is 3. The molecule has 1 fully saturated rings. The molecule has 1 amide bonds. The van der Waals surface area contributed by atoms with E-state index in [4.69, 9.17) is 0 Å². The van der Waals surface area contributed by atoms with Gasteiger partial charge in [0.1, 0.15) is 0 Å². The minimum absolute atomic E-state index is 0.157. The molecule has 1 aliphatic rings. The van der Waals surface area contributed by atoms with E-state index in [0.717, 1.165) is 24.8 Å². The second-order valence-corrected chi connectivity index (χ2v) is 8.77. The van der Waals surface area contributed by atoms with Crippen molar-refractivity contribution < 1.29 is 13.2 Å². The maximum atomic E-state index is 12.7. The minimum atomic E-state index is -3.56. The summed E-state index contributed by atoms with van der Waals surface area (Å²) in [6.45, 7) is 3.53. The summed E-state index contributed by atoms with van der Waals surface area (Å²) in [5.74, 6) is -0.186. The number of benzene rings is 2. The minimum Gasteiger partial charge on any atom is -0.343 e. The van der Waals surface area contributed by atoms with Crippen LogP contribution in [0, 0.1) is 0 Å². The summed E-state index contributed by atoms with van der Waals surface area (Å²) in [7, 11) is -3.56. The zero-order chi connectivity index (χ0) is 18.8. The van der Waals surface area contributed by atoms with Crippen LogP contribution in [0.2, 0.25) is 0 Å². The predicted octanol–water partition coefficient (Wildman–Crippen LogP) is 3.18. The summed E-state index contributed by atoms with van der Waals surface area (Å²) in [5, 5.41) is 3.15. The number of nitrogens with one attached hydrogen (secondary N) is 2. The fourth-order valence-electron chi connectivity index (χ4n) is 3.23. The van der Waals surface area contributed by atoms with Crippen LogP contribution in [0.4, 0.5) is 0 Å². The third-order valence-corrected chi connectivity index (χ3v) is 6.38.